The zero-order valence-electron chi connectivity index (χ0n) is 6.39. The Balaban J connectivity index is 2.29. The van der Waals surface area contributed by atoms with Crippen molar-refractivity contribution in [3.63, 3.8) is 0 Å². The first-order valence-electron chi connectivity index (χ1n) is 3.88. The van der Waals surface area contributed by atoms with Gasteiger partial charge in [0.1, 0.15) is 0 Å². The van der Waals surface area contributed by atoms with Crippen LogP contribution >= 0.6 is 0 Å². The van der Waals surface area contributed by atoms with Gasteiger partial charge >= 0.3 is 0 Å². The molecule has 2 heteroatoms. The first-order chi connectivity index (χ1) is 4.83. The number of nitriles is 1. The van der Waals surface area contributed by atoms with E-state index in [9.17, 15) is 0 Å². The Morgan fingerprint density at radius 2 is 2.30 bits per heavy atom. The molecular weight excluding hydrogens is 126 g/mol. The molecular formula is C8H13NO. The van der Waals surface area contributed by atoms with Gasteiger partial charge < -0.3 is 4.74 Å². The molecule has 0 aliphatic heterocycles. The number of rotatable bonds is 3. The third kappa shape index (κ3) is 1.30. The second kappa shape index (κ2) is 3.03. The minimum atomic E-state index is -0.379. The molecule has 0 aromatic heterocycles. The normalized spacial score (nSPS) is 21.2. The van der Waals surface area contributed by atoms with Crippen molar-refractivity contribution in [1.29, 1.82) is 5.26 Å². The molecule has 0 atom stereocenters. The van der Waals surface area contributed by atoms with Gasteiger partial charge in [0.25, 0.3) is 0 Å². The highest BCUT2D eigenvalue weighted by Crippen LogP contribution is 2.34. The summed E-state index contributed by atoms with van der Waals surface area (Å²) in [5.41, 5.74) is -0.379. The van der Waals surface area contributed by atoms with Crippen molar-refractivity contribution >= 4 is 0 Å². The summed E-state index contributed by atoms with van der Waals surface area (Å²) in [6.45, 7) is 2.79. The van der Waals surface area contributed by atoms with Gasteiger partial charge in [-0.15, -0.1) is 0 Å². The van der Waals surface area contributed by atoms with E-state index in [1.54, 1.807) is 0 Å². The fourth-order valence-corrected chi connectivity index (χ4v) is 1.08. The molecule has 1 fully saturated rings. The number of hydrogen-bond donors (Lipinski definition) is 0. The lowest BCUT2D eigenvalue weighted by molar-refractivity contribution is -0.0555. The molecule has 1 saturated carbocycles. The molecule has 0 spiro atoms. The lowest BCUT2D eigenvalue weighted by atomic mass is 9.81. The van der Waals surface area contributed by atoms with Gasteiger partial charge in [-0.25, -0.2) is 0 Å². The molecule has 56 valence electrons. The molecule has 0 radical (unpaired) electrons. The minimum Gasteiger partial charge on any atom is -0.360 e. The van der Waals surface area contributed by atoms with Gasteiger partial charge in [-0.05, 0) is 25.7 Å². The second-order valence-corrected chi connectivity index (χ2v) is 2.81. The fraction of sp³-hybridized carbons (Fsp3) is 0.875. The third-order valence-corrected chi connectivity index (χ3v) is 1.95. The molecule has 0 aromatic rings. The van der Waals surface area contributed by atoms with E-state index in [0.717, 1.165) is 32.3 Å². The van der Waals surface area contributed by atoms with Gasteiger partial charge in [-0.3, -0.25) is 0 Å². The highest BCUT2D eigenvalue weighted by molar-refractivity contribution is 5.07. The fourth-order valence-electron chi connectivity index (χ4n) is 1.08. The van der Waals surface area contributed by atoms with Crippen molar-refractivity contribution in [2.24, 2.45) is 0 Å². The lowest BCUT2D eigenvalue weighted by Gasteiger charge is -2.34. The first-order valence-corrected chi connectivity index (χ1v) is 3.88. The lowest BCUT2D eigenvalue weighted by Crippen LogP contribution is -2.38. The maximum Gasteiger partial charge on any atom is 0.154 e. The van der Waals surface area contributed by atoms with Crippen LogP contribution in [-0.4, -0.2) is 12.2 Å². The van der Waals surface area contributed by atoms with Crippen molar-refractivity contribution in [2.75, 3.05) is 6.61 Å². The maximum absolute atomic E-state index is 8.69. The summed E-state index contributed by atoms with van der Waals surface area (Å²) in [5.74, 6) is 0. The van der Waals surface area contributed by atoms with Crippen molar-refractivity contribution in [3.05, 3.63) is 0 Å². The van der Waals surface area contributed by atoms with Gasteiger partial charge in [0.15, 0.2) is 5.60 Å². The Kier molecular flexibility index (Phi) is 2.29. The zero-order valence-corrected chi connectivity index (χ0v) is 6.39. The Morgan fingerprint density at radius 1 is 1.60 bits per heavy atom. The third-order valence-electron chi connectivity index (χ3n) is 1.95. The number of ether oxygens (including phenoxy) is 1. The van der Waals surface area contributed by atoms with Crippen LogP contribution < -0.4 is 0 Å². The van der Waals surface area contributed by atoms with E-state index < -0.39 is 0 Å². The van der Waals surface area contributed by atoms with Gasteiger partial charge in [0.2, 0.25) is 0 Å². The van der Waals surface area contributed by atoms with E-state index in [0.29, 0.717) is 0 Å². The average Bonchev–Trinajstić information content (AvgIpc) is 1.87. The van der Waals surface area contributed by atoms with Gasteiger partial charge in [0.05, 0.1) is 6.07 Å². The summed E-state index contributed by atoms with van der Waals surface area (Å²) < 4.78 is 5.40. The van der Waals surface area contributed by atoms with Crippen LogP contribution in [0.2, 0.25) is 0 Å². The maximum atomic E-state index is 8.69. The minimum absolute atomic E-state index is 0.379. The summed E-state index contributed by atoms with van der Waals surface area (Å²) in [6.07, 6.45) is 4.02. The smallest absolute Gasteiger partial charge is 0.154 e. The Bertz CT molecular complexity index is 144. The van der Waals surface area contributed by atoms with Crippen molar-refractivity contribution in [1.82, 2.24) is 0 Å². The average molecular weight is 139 g/mol. The molecule has 1 rings (SSSR count). The van der Waals surface area contributed by atoms with Crippen molar-refractivity contribution in [2.45, 2.75) is 38.2 Å². The molecule has 0 aromatic carbocycles. The largest absolute Gasteiger partial charge is 0.360 e. The van der Waals surface area contributed by atoms with Crippen LogP contribution in [0.25, 0.3) is 0 Å². The standard InChI is InChI=1S/C8H13NO/c1-2-6-10-8(7-9)4-3-5-8/h2-6H2,1H3. The summed E-state index contributed by atoms with van der Waals surface area (Å²) in [4.78, 5) is 0. The van der Waals surface area contributed by atoms with Gasteiger partial charge in [-0.2, -0.15) is 5.26 Å². The van der Waals surface area contributed by atoms with Crippen LogP contribution in [0, 0.1) is 11.3 Å². The predicted molar refractivity (Wildman–Crippen MR) is 38.4 cm³/mol. The van der Waals surface area contributed by atoms with E-state index in [1.807, 2.05) is 0 Å². The van der Waals surface area contributed by atoms with Crippen molar-refractivity contribution in [3.8, 4) is 6.07 Å². The molecule has 2 nitrogen and oxygen atoms in total. The monoisotopic (exact) mass is 139 g/mol. The predicted octanol–water partition coefficient (Wildman–Crippen LogP) is 1.86. The summed E-state index contributed by atoms with van der Waals surface area (Å²) in [5, 5.41) is 8.69. The van der Waals surface area contributed by atoms with E-state index in [4.69, 9.17) is 10.00 Å². The quantitative estimate of drug-likeness (QED) is 0.598. The molecule has 0 amide bonds. The van der Waals surface area contributed by atoms with E-state index in [2.05, 4.69) is 13.0 Å². The second-order valence-electron chi connectivity index (χ2n) is 2.81. The topological polar surface area (TPSA) is 33.0 Å². The molecule has 0 N–H and O–H groups in total. The van der Waals surface area contributed by atoms with Crippen LogP contribution in [0.4, 0.5) is 0 Å². The number of hydrogen-bond acceptors (Lipinski definition) is 2. The van der Waals surface area contributed by atoms with E-state index in [1.165, 1.54) is 0 Å². The summed E-state index contributed by atoms with van der Waals surface area (Å²) in [6, 6.07) is 2.23. The van der Waals surface area contributed by atoms with Crippen LogP contribution in [-0.2, 0) is 4.74 Å². The molecule has 1 aliphatic carbocycles. The molecule has 1 aliphatic rings. The number of nitrogens with zero attached hydrogens (tertiary/aromatic N) is 1. The molecule has 0 bridgehead atoms. The van der Waals surface area contributed by atoms with Crippen LogP contribution in [0.3, 0.4) is 0 Å². The van der Waals surface area contributed by atoms with Crippen molar-refractivity contribution < 1.29 is 4.74 Å². The van der Waals surface area contributed by atoms with E-state index in [-0.39, 0.29) is 5.60 Å². The first kappa shape index (κ1) is 7.56. The Labute approximate surface area is 61.8 Å². The SMILES string of the molecule is CCCOC1(C#N)CCC1. The Hall–Kier alpha value is -0.550. The zero-order chi connectivity index (χ0) is 7.45. The molecule has 0 heterocycles. The summed E-state index contributed by atoms with van der Waals surface area (Å²) >= 11 is 0. The van der Waals surface area contributed by atoms with Crippen LogP contribution in [0.1, 0.15) is 32.6 Å². The molecule has 0 unspecified atom stereocenters. The molecule has 10 heavy (non-hydrogen) atoms. The Morgan fingerprint density at radius 3 is 2.60 bits per heavy atom. The van der Waals surface area contributed by atoms with E-state index >= 15 is 0 Å². The van der Waals surface area contributed by atoms with Crippen LogP contribution in [0.15, 0.2) is 0 Å². The highest BCUT2D eigenvalue weighted by atomic mass is 16.5. The van der Waals surface area contributed by atoms with Gasteiger partial charge in [0, 0.05) is 6.61 Å². The molecule has 0 saturated heterocycles. The highest BCUT2D eigenvalue weighted by Gasteiger charge is 2.37. The van der Waals surface area contributed by atoms with Crippen LogP contribution in [0.5, 0.6) is 0 Å². The summed E-state index contributed by atoms with van der Waals surface area (Å²) in [7, 11) is 0. The van der Waals surface area contributed by atoms with Gasteiger partial charge in [-0.1, -0.05) is 6.92 Å².